The monoisotopic (exact) mass is 437 g/mol. The summed E-state index contributed by atoms with van der Waals surface area (Å²) in [6.45, 7) is 0. The standard InChI is InChI=1S/C28H23NO4/c30-26-24-19-9-10-20(15-19)25(24)27(31)29(26)22-8-4-7-21(16-22)28(32)33-23-13-11-18(12-14-23)17-5-2-1-3-6-17/h1-8,11-14,16,19-20,24-25H,9-10,15H2. The Balaban J connectivity index is 1.20. The van der Waals surface area contributed by atoms with E-state index in [-0.39, 0.29) is 23.7 Å². The van der Waals surface area contributed by atoms with Crippen LogP contribution in [0.1, 0.15) is 29.6 Å². The number of amides is 2. The Morgan fingerprint density at radius 3 is 2.06 bits per heavy atom. The summed E-state index contributed by atoms with van der Waals surface area (Å²) in [5.41, 5.74) is 2.87. The normalized spacial score (nSPS) is 25.4. The van der Waals surface area contributed by atoms with Gasteiger partial charge in [0.1, 0.15) is 5.75 Å². The van der Waals surface area contributed by atoms with E-state index in [0.717, 1.165) is 30.4 Å². The molecule has 164 valence electrons. The highest BCUT2D eigenvalue weighted by Gasteiger charge is 2.61. The van der Waals surface area contributed by atoms with Crippen LogP contribution in [0.5, 0.6) is 5.75 Å². The van der Waals surface area contributed by atoms with E-state index in [1.807, 2.05) is 42.5 Å². The Kier molecular flexibility index (Phi) is 4.64. The Morgan fingerprint density at radius 2 is 1.39 bits per heavy atom. The van der Waals surface area contributed by atoms with Gasteiger partial charge in [0.05, 0.1) is 23.1 Å². The number of esters is 1. The average molecular weight is 437 g/mol. The lowest BCUT2D eigenvalue weighted by Gasteiger charge is -2.19. The molecule has 5 heteroatoms. The van der Waals surface area contributed by atoms with E-state index in [2.05, 4.69) is 0 Å². The van der Waals surface area contributed by atoms with E-state index in [0.29, 0.717) is 28.8 Å². The summed E-state index contributed by atoms with van der Waals surface area (Å²) in [4.78, 5) is 40.3. The summed E-state index contributed by atoms with van der Waals surface area (Å²) >= 11 is 0. The molecule has 0 N–H and O–H groups in total. The summed E-state index contributed by atoms with van der Waals surface area (Å²) in [5, 5.41) is 0. The molecule has 3 aromatic rings. The van der Waals surface area contributed by atoms with Crippen molar-refractivity contribution in [2.45, 2.75) is 19.3 Å². The van der Waals surface area contributed by atoms with Gasteiger partial charge in [-0.3, -0.25) is 14.5 Å². The Labute approximate surface area is 192 Å². The van der Waals surface area contributed by atoms with Gasteiger partial charge in [-0.1, -0.05) is 48.5 Å². The zero-order valence-corrected chi connectivity index (χ0v) is 18.0. The zero-order chi connectivity index (χ0) is 22.5. The van der Waals surface area contributed by atoms with Gasteiger partial charge >= 0.3 is 5.97 Å². The predicted octanol–water partition coefficient (Wildman–Crippen LogP) is 5.11. The van der Waals surface area contributed by atoms with E-state index in [1.54, 1.807) is 36.4 Å². The van der Waals surface area contributed by atoms with Crippen molar-refractivity contribution >= 4 is 23.5 Å². The molecule has 1 aliphatic heterocycles. The Bertz CT molecular complexity index is 1220. The van der Waals surface area contributed by atoms with Crippen LogP contribution in [0.15, 0.2) is 78.9 Å². The molecular weight excluding hydrogens is 414 g/mol. The van der Waals surface area contributed by atoms with Gasteiger partial charge in [-0.05, 0) is 72.6 Å². The summed E-state index contributed by atoms with van der Waals surface area (Å²) in [6, 6.07) is 23.9. The third-order valence-corrected chi connectivity index (χ3v) is 7.44. The van der Waals surface area contributed by atoms with Gasteiger partial charge in [0.2, 0.25) is 11.8 Å². The first kappa shape index (κ1) is 19.9. The molecule has 5 nitrogen and oxygen atoms in total. The number of hydrogen-bond acceptors (Lipinski definition) is 4. The van der Waals surface area contributed by atoms with E-state index in [9.17, 15) is 14.4 Å². The third kappa shape index (κ3) is 3.27. The number of rotatable bonds is 4. The molecule has 2 aliphatic carbocycles. The van der Waals surface area contributed by atoms with E-state index in [1.165, 1.54) is 4.90 Å². The number of hydrogen-bond donors (Lipinski definition) is 0. The van der Waals surface area contributed by atoms with Gasteiger partial charge in [0, 0.05) is 0 Å². The van der Waals surface area contributed by atoms with Crippen LogP contribution < -0.4 is 9.64 Å². The fourth-order valence-corrected chi connectivity index (χ4v) is 5.95. The maximum atomic E-state index is 13.1. The molecule has 0 aromatic heterocycles. The van der Waals surface area contributed by atoms with Gasteiger partial charge in [0.15, 0.2) is 0 Å². The molecule has 2 bridgehead atoms. The lowest BCUT2D eigenvalue weighted by Crippen LogP contribution is -2.32. The van der Waals surface area contributed by atoms with Crippen molar-refractivity contribution in [2.24, 2.45) is 23.7 Å². The Morgan fingerprint density at radius 1 is 0.758 bits per heavy atom. The number of fused-ring (bicyclic) bond motifs is 5. The van der Waals surface area contributed by atoms with Crippen LogP contribution in [-0.2, 0) is 9.59 Å². The number of benzene rings is 3. The quantitative estimate of drug-likeness (QED) is 0.323. The third-order valence-electron chi connectivity index (χ3n) is 7.44. The minimum Gasteiger partial charge on any atom is -0.423 e. The summed E-state index contributed by atoms with van der Waals surface area (Å²) < 4.78 is 5.55. The molecule has 1 saturated heterocycles. The minimum absolute atomic E-state index is 0.112. The number of ether oxygens (including phenoxy) is 1. The SMILES string of the molecule is O=C(Oc1ccc(-c2ccccc2)cc1)c1cccc(N2C(=O)C3C4CCC(C4)C3C2=O)c1. The maximum absolute atomic E-state index is 13.1. The van der Waals surface area contributed by atoms with Crippen molar-refractivity contribution in [1.29, 1.82) is 0 Å². The first-order valence-electron chi connectivity index (χ1n) is 11.5. The van der Waals surface area contributed by atoms with Crippen LogP contribution in [0.3, 0.4) is 0 Å². The molecule has 4 unspecified atom stereocenters. The van der Waals surface area contributed by atoms with Crippen LogP contribution in [0.25, 0.3) is 11.1 Å². The molecular formula is C28H23NO4. The molecule has 3 aromatic carbocycles. The van der Waals surface area contributed by atoms with Gasteiger partial charge in [-0.25, -0.2) is 4.79 Å². The van der Waals surface area contributed by atoms with E-state index >= 15 is 0 Å². The molecule has 33 heavy (non-hydrogen) atoms. The van der Waals surface area contributed by atoms with Gasteiger partial charge in [-0.2, -0.15) is 0 Å². The molecule has 6 rings (SSSR count). The smallest absolute Gasteiger partial charge is 0.343 e. The summed E-state index contributed by atoms with van der Waals surface area (Å²) in [6.07, 6.45) is 3.07. The van der Waals surface area contributed by atoms with Gasteiger partial charge in [-0.15, -0.1) is 0 Å². The second-order valence-corrected chi connectivity index (χ2v) is 9.23. The molecule has 3 fully saturated rings. The fourth-order valence-electron chi connectivity index (χ4n) is 5.95. The topological polar surface area (TPSA) is 63.7 Å². The highest BCUT2D eigenvalue weighted by Crippen LogP contribution is 2.56. The van der Waals surface area contributed by atoms with Crippen LogP contribution in [-0.4, -0.2) is 17.8 Å². The van der Waals surface area contributed by atoms with Crippen LogP contribution in [0, 0.1) is 23.7 Å². The highest BCUT2D eigenvalue weighted by molar-refractivity contribution is 6.22. The number of carbonyl (C=O) groups is 3. The van der Waals surface area contributed by atoms with Crippen molar-refractivity contribution in [3.8, 4) is 16.9 Å². The van der Waals surface area contributed by atoms with Gasteiger partial charge < -0.3 is 4.74 Å². The number of anilines is 1. The van der Waals surface area contributed by atoms with E-state index < -0.39 is 5.97 Å². The molecule has 2 amide bonds. The van der Waals surface area contributed by atoms with Crippen molar-refractivity contribution in [1.82, 2.24) is 0 Å². The molecule has 0 spiro atoms. The lowest BCUT2D eigenvalue weighted by atomic mass is 9.81. The van der Waals surface area contributed by atoms with E-state index in [4.69, 9.17) is 4.74 Å². The summed E-state index contributed by atoms with van der Waals surface area (Å²) in [7, 11) is 0. The first-order chi connectivity index (χ1) is 16.1. The molecule has 1 heterocycles. The van der Waals surface area contributed by atoms with Crippen LogP contribution in [0.4, 0.5) is 5.69 Å². The Hall–Kier alpha value is -3.73. The van der Waals surface area contributed by atoms with Crippen LogP contribution in [0.2, 0.25) is 0 Å². The fraction of sp³-hybridized carbons (Fsp3) is 0.250. The largest absolute Gasteiger partial charge is 0.423 e. The van der Waals surface area contributed by atoms with Gasteiger partial charge in [0.25, 0.3) is 0 Å². The number of imide groups is 1. The van der Waals surface area contributed by atoms with Crippen molar-refractivity contribution in [3.63, 3.8) is 0 Å². The average Bonchev–Trinajstić information content (AvgIpc) is 3.54. The lowest BCUT2D eigenvalue weighted by molar-refractivity contribution is -0.123. The van der Waals surface area contributed by atoms with Crippen molar-refractivity contribution in [2.75, 3.05) is 4.90 Å². The molecule has 3 aliphatic rings. The second-order valence-electron chi connectivity index (χ2n) is 9.23. The maximum Gasteiger partial charge on any atom is 0.343 e. The van der Waals surface area contributed by atoms with Crippen LogP contribution >= 0.6 is 0 Å². The second kappa shape index (κ2) is 7.69. The van der Waals surface area contributed by atoms with Crippen molar-refractivity contribution in [3.05, 3.63) is 84.4 Å². The summed E-state index contributed by atoms with van der Waals surface area (Å²) in [5.74, 6) is -0.0292. The highest BCUT2D eigenvalue weighted by atomic mass is 16.5. The first-order valence-corrected chi connectivity index (χ1v) is 11.5. The zero-order valence-electron chi connectivity index (χ0n) is 18.0. The molecule has 2 saturated carbocycles. The number of carbonyl (C=O) groups excluding carboxylic acids is 3. The van der Waals surface area contributed by atoms with Crippen molar-refractivity contribution < 1.29 is 19.1 Å². The molecule has 0 radical (unpaired) electrons. The molecule has 4 atom stereocenters. The minimum atomic E-state index is -0.524. The predicted molar refractivity (Wildman–Crippen MR) is 124 cm³/mol. The number of nitrogens with zero attached hydrogens (tertiary/aromatic N) is 1.